The van der Waals surface area contributed by atoms with E-state index in [4.69, 9.17) is 4.98 Å². The molecule has 0 saturated carbocycles. The Kier molecular flexibility index (Phi) is 7.85. The van der Waals surface area contributed by atoms with Crippen LogP contribution in [0.2, 0.25) is 0 Å². The molecule has 0 unspecified atom stereocenters. The van der Waals surface area contributed by atoms with Crippen LogP contribution >= 0.6 is 0 Å². The highest BCUT2D eigenvalue weighted by molar-refractivity contribution is 7.91. The van der Waals surface area contributed by atoms with Gasteiger partial charge in [-0.15, -0.1) is 0 Å². The van der Waals surface area contributed by atoms with E-state index in [1.807, 2.05) is 24.3 Å². The minimum absolute atomic E-state index is 0.0471. The van der Waals surface area contributed by atoms with E-state index in [0.29, 0.717) is 5.69 Å². The van der Waals surface area contributed by atoms with Crippen LogP contribution < -0.4 is 5.32 Å². The van der Waals surface area contributed by atoms with Crippen molar-refractivity contribution in [2.75, 3.05) is 11.1 Å². The second-order valence-corrected chi connectivity index (χ2v) is 12.4. The van der Waals surface area contributed by atoms with Gasteiger partial charge in [0.15, 0.2) is 9.84 Å². The van der Waals surface area contributed by atoms with Crippen molar-refractivity contribution < 1.29 is 13.2 Å². The lowest BCUT2D eigenvalue weighted by atomic mass is 10.1. The van der Waals surface area contributed by atoms with Crippen molar-refractivity contribution in [3.63, 3.8) is 0 Å². The number of nitrogens with zero attached hydrogens (tertiary/aromatic N) is 2. The van der Waals surface area contributed by atoms with E-state index in [1.165, 1.54) is 16.7 Å². The summed E-state index contributed by atoms with van der Waals surface area (Å²) in [6, 6.07) is 29.2. The van der Waals surface area contributed by atoms with Crippen molar-refractivity contribution in [3.05, 3.63) is 113 Å². The fraction of sp³-hybridized carbons (Fsp3) is 0.212. The van der Waals surface area contributed by atoms with Crippen molar-refractivity contribution >= 4 is 32.5 Å². The van der Waals surface area contributed by atoms with Gasteiger partial charge in [-0.25, -0.2) is 13.4 Å². The Bertz CT molecular complexity index is 1750. The molecule has 7 heteroatoms. The second kappa shape index (κ2) is 11.5. The summed E-state index contributed by atoms with van der Waals surface area (Å²) in [5.74, 6) is 0.776. The molecule has 40 heavy (non-hydrogen) atoms. The molecule has 1 N–H and O–H groups in total. The maximum absolute atomic E-state index is 12.7. The second-order valence-electron chi connectivity index (χ2n) is 10.2. The van der Waals surface area contributed by atoms with E-state index < -0.39 is 9.84 Å². The largest absolute Gasteiger partial charge is 0.326 e. The van der Waals surface area contributed by atoms with Crippen molar-refractivity contribution in [2.45, 2.75) is 45.1 Å². The van der Waals surface area contributed by atoms with Gasteiger partial charge in [0, 0.05) is 17.8 Å². The number of benzene rings is 4. The molecule has 4 aromatic carbocycles. The number of aromatic nitrogens is 2. The molecule has 204 valence electrons. The van der Waals surface area contributed by atoms with Crippen LogP contribution in [0.1, 0.15) is 29.2 Å². The van der Waals surface area contributed by atoms with Gasteiger partial charge in [0.25, 0.3) is 0 Å². The number of carbonyl (C=O) groups excluding carboxylic acids is 1. The van der Waals surface area contributed by atoms with E-state index >= 15 is 0 Å². The number of fused-ring (bicyclic) bond motifs is 1. The third-order valence-electron chi connectivity index (χ3n) is 7.10. The minimum atomic E-state index is -3.26. The standard InChI is InChI=1S/C33H33N3O3S/c1-4-40(38,39)29-16-10-26(11-17-29)22-32(37)34-28-14-12-27(13-15-28)33-35-30-18-7-24(3)21-31(30)36(33)20-19-25-8-5-23(2)6-9-25/h5-18,21H,4,19-20,22H2,1-3H3,(H,34,37). The number of nitrogens with one attached hydrogen (secondary N) is 1. The number of imidazole rings is 1. The first-order chi connectivity index (χ1) is 19.2. The molecule has 0 radical (unpaired) electrons. The molecule has 0 fully saturated rings. The van der Waals surface area contributed by atoms with Gasteiger partial charge >= 0.3 is 0 Å². The number of carbonyl (C=O) groups is 1. The average molecular weight is 552 g/mol. The summed E-state index contributed by atoms with van der Waals surface area (Å²) < 4.78 is 26.3. The third kappa shape index (κ3) is 6.15. The Morgan fingerprint density at radius 2 is 1.48 bits per heavy atom. The number of anilines is 1. The molecule has 1 aromatic heterocycles. The number of aryl methyl sites for hydroxylation is 4. The van der Waals surface area contributed by atoms with Gasteiger partial charge in [0.2, 0.25) is 5.91 Å². The molecule has 0 atom stereocenters. The zero-order valence-electron chi connectivity index (χ0n) is 23.0. The zero-order valence-corrected chi connectivity index (χ0v) is 23.8. The molecule has 5 aromatic rings. The lowest BCUT2D eigenvalue weighted by Gasteiger charge is -2.11. The van der Waals surface area contributed by atoms with Gasteiger partial charge in [-0.3, -0.25) is 4.79 Å². The highest BCUT2D eigenvalue weighted by atomic mass is 32.2. The summed E-state index contributed by atoms with van der Waals surface area (Å²) in [5, 5.41) is 2.94. The zero-order chi connectivity index (χ0) is 28.3. The first kappa shape index (κ1) is 27.3. The van der Waals surface area contributed by atoms with E-state index in [-0.39, 0.29) is 23.0 Å². The Balaban J connectivity index is 1.32. The molecule has 0 aliphatic carbocycles. The molecule has 0 aliphatic rings. The molecule has 6 nitrogen and oxygen atoms in total. The fourth-order valence-corrected chi connectivity index (χ4v) is 5.63. The van der Waals surface area contributed by atoms with Crippen LogP contribution in [0.4, 0.5) is 5.69 Å². The minimum Gasteiger partial charge on any atom is -0.326 e. The number of hydrogen-bond donors (Lipinski definition) is 1. The van der Waals surface area contributed by atoms with E-state index in [9.17, 15) is 13.2 Å². The van der Waals surface area contributed by atoms with Gasteiger partial charge in [0.05, 0.1) is 28.1 Å². The normalized spacial score (nSPS) is 11.6. The van der Waals surface area contributed by atoms with Crippen LogP contribution in [-0.4, -0.2) is 29.6 Å². The molecule has 1 heterocycles. The topological polar surface area (TPSA) is 81.1 Å². The molecule has 5 rings (SSSR count). The van der Waals surface area contributed by atoms with E-state index in [0.717, 1.165) is 41.0 Å². The number of hydrogen-bond acceptors (Lipinski definition) is 4. The van der Waals surface area contributed by atoms with Crippen LogP contribution in [0.3, 0.4) is 0 Å². The van der Waals surface area contributed by atoms with Gasteiger partial charge in [-0.2, -0.15) is 0 Å². The summed E-state index contributed by atoms with van der Waals surface area (Å²) in [6.07, 6.45) is 1.05. The van der Waals surface area contributed by atoms with Crippen LogP contribution in [0, 0.1) is 13.8 Å². The number of rotatable bonds is 9. The monoisotopic (exact) mass is 551 g/mol. The Morgan fingerprint density at radius 1 is 0.825 bits per heavy atom. The number of amides is 1. The van der Waals surface area contributed by atoms with Crippen LogP contribution in [0.25, 0.3) is 22.4 Å². The van der Waals surface area contributed by atoms with E-state index in [1.54, 1.807) is 31.2 Å². The first-order valence-corrected chi connectivity index (χ1v) is 15.1. The average Bonchev–Trinajstić information content (AvgIpc) is 3.31. The highest BCUT2D eigenvalue weighted by Gasteiger charge is 2.15. The molecule has 0 saturated heterocycles. The van der Waals surface area contributed by atoms with Crippen LogP contribution in [-0.2, 0) is 34.0 Å². The quantitative estimate of drug-likeness (QED) is 0.226. The van der Waals surface area contributed by atoms with Gasteiger partial charge in [0.1, 0.15) is 5.82 Å². The predicted molar refractivity (Wildman–Crippen MR) is 161 cm³/mol. The molecule has 0 bridgehead atoms. The lowest BCUT2D eigenvalue weighted by molar-refractivity contribution is -0.115. The summed E-state index contributed by atoms with van der Waals surface area (Å²) in [5.41, 5.74) is 8.21. The first-order valence-electron chi connectivity index (χ1n) is 13.5. The Labute approximate surface area is 235 Å². The summed E-state index contributed by atoms with van der Waals surface area (Å²) in [4.78, 5) is 17.9. The van der Waals surface area contributed by atoms with Crippen molar-refractivity contribution in [1.82, 2.24) is 9.55 Å². The molecular weight excluding hydrogens is 518 g/mol. The van der Waals surface area contributed by atoms with Crippen LogP contribution in [0.5, 0.6) is 0 Å². The summed E-state index contributed by atoms with van der Waals surface area (Å²) in [6.45, 7) is 6.61. The van der Waals surface area contributed by atoms with Gasteiger partial charge in [-0.05, 0) is 85.5 Å². The van der Waals surface area contributed by atoms with Crippen molar-refractivity contribution in [1.29, 1.82) is 0 Å². The lowest BCUT2D eigenvalue weighted by Crippen LogP contribution is -2.14. The van der Waals surface area contributed by atoms with Crippen LogP contribution in [0.15, 0.2) is 95.9 Å². The molecular formula is C33H33N3O3S. The van der Waals surface area contributed by atoms with Crippen molar-refractivity contribution in [3.8, 4) is 11.4 Å². The SMILES string of the molecule is CCS(=O)(=O)c1ccc(CC(=O)Nc2ccc(-c3nc4ccc(C)cc4n3CCc3ccc(C)cc3)cc2)cc1. The number of sulfone groups is 1. The summed E-state index contributed by atoms with van der Waals surface area (Å²) >= 11 is 0. The predicted octanol–water partition coefficient (Wildman–Crippen LogP) is 6.54. The third-order valence-corrected chi connectivity index (χ3v) is 8.85. The fourth-order valence-electron chi connectivity index (χ4n) is 4.75. The molecule has 0 spiro atoms. The smallest absolute Gasteiger partial charge is 0.228 e. The molecule has 0 aliphatic heterocycles. The highest BCUT2D eigenvalue weighted by Crippen LogP contribution is 2.27. The van der Waals surface area contributed by atoms with E-state index in [2.05, 4.69) is 66.2 Å². The maximum atomic E-state index is 12.7. The van der Waals surface area contributed by atoms with Gasteiger partial charge < -0.3 is 9.88 Å². The maximum Gasteiger partial charge on any atom is 0.228 e. The molecule has 1 amide bonds. The Morgan fingerprint density at radius 3 is 2.15 bits per heavy atom. The summed E-state index contributed by atoms with van der Waals surface area (Å²) in [7, 11) is -3.26. The Hall–Kier alpha value is -4.23. The van der Waals surface area contributed by atoms with Crippen molar-refractivity contribution in [2.24, 2.45) is 0 Å². The van der Waals surface area contributed by atoms with Gasteiger partial charge in [-0.1, -0.05) is 55.0 Å².